The highest BCUT2D eigenvalue weighted by Gasteiger charge is 2.22. The van der Waals surface area contributed by atoms with Crippen molar-refractivity contribution >= 4 is 34.2 Å². The van der Waals surface area contributed by atoms with Gasteiger partial charge >= 0.3 is 0 Å². The van der Waals surface area contributed by atoms with E-state index in [9.17, 15) is 18.0 Å². The average Bonchev–Trinajstić information content (AvgIpc) is 2.67. The Bertz CT molecular complexity index is 763. The SMILES string of the molecule is CCN(CC)S(=O)(=O)c1cccc(C(=O)NCC(=O)NC2CCNCC2)c1.Cl. The molecule has 0 aliphatic carbocycles. The summed E-state index contributed by atoms with van der Waals surface area (Å²) in [6.45, 7) is 5.82. The van der Waals surface area contributed by atoms with Crippen LogP contribution in [0.5, 0.6) is 0 Å². The Morgan fingerprint density at radius 1 is 1.18 bits per heavy atom. The van der Waals surface area contributed by atoms with Gasteiger partial charge in [-0.2, -0.15) is 4.31 Å². The van der Waals surface area contributed by atoms with Gasteiger partial charge in [-0.3, -0.25) is 9.59 Å². The van der Waals surface area contributed by atoms with E-state index in [0.29, 0.717) is 13.1 Å². The fourth-order valence-corrected chi connectivity index (χ4v) is 4.52. The maximum atomic E-state index is 12.6. The molecule has 10 heteroatoms. The van der Waals surface area contributed by atoms with E-state index in [1.54, 1.807) is 13.8 Å². The van der Waals surface area contributed by atoms with Crippen LogP contribution < -0.4 is 16.0 Å². The molecule has 8 nitrogen and oxygen atoms in total. The number of benzene rings is 1. The zero-order valence-corrected chi connectivity index (χ0v) is 17.9. The maximum absolute atomic E-state index is 12.6. The summed E-state index contributed by atoms with van der Waals surface area (Å²) >= 11 is 0. The molecule has 1 saturated heterocycles. The van der Waals surface area contributed by atoms with Crippen molar-refractivity contribution in [3.8, 4) is 0 Å². The van der Waals surface area contributed by atoms with E-state index in [2.05, 4.69) is 16.0 Å². The highest BCUT2D eigenvalue weighted by Crippen LogP contribution is 2.17. The second-order valence-corrected chi connectivity index (χ2v) is 8.33. The standard InChI is InChI=1S/C18H28N4O4S.ClH/c1-3-22(4-2)27(25,26)16-7-5-6-14(12-16)18(24)20-13-17(23)21-15-8-10-19-11-9-15;/h5-7,12,15,19H,3-4,8-11,13H2,1-2H3,(H,20,24)(H,21,23);1H. The molecule has 1 heterocycles. The monoisotopic (exact) mass is 432 g/mol. The van der Waals surface area contributed by atoms with Crippen LogP contribution in [0.1, 0.15) is 37.0 Å². The molecule has 2 amide bonds. The van der Waals surface area contributed by atoms with Crippen molar-refractivity contribution in [1.82, 2.24) is 20.3 Å². The Balaban J connectivity index is 0.00000392. The van der Waals surface area contributed by atoms with Crippen LogP contribution in [-0.4, -0.2) is 63.3 Å². The molecule has 1 aromatic carbocycles. The largest absolute Gasteiger partial charge is 0.352 e. The summed E-state index contributed by atoms with van der Waals surface area (Å²) in [6.07, 6.45) is 1.73. The lowest BCUT2D eigenvalue weighted by atomic mass is 10.1. The second-order valence-electron chi connectivity index (χ2n) is 6.39. The molecule has 0 aromatic heterocycles. The van der Waals surface area contributed by atoms with Gasteiger partial charge in [0, 0.05) is 24.7 Å². The first kappa shape index (κ1) is 24.4. The summed E-state index contributed by atoms with van der Waals surface area (Å²) in [5, 5.41) is 8.66. The normalized spacial score (nSPS) is 15.0. The Hall–Kier alpha value is -1.68. The van der Waals surface area contributed by atoms with Crippen LogP contribution in [0.25, 0.3) is 0 Å². The number of nitrogens with one attached hydrogen (secondary N) is 3. The van der Waals surface area contributed by atoms with Crippen LogP contribution in [0.4, 0.5) is 0 Å². The Kier molecular flexibility index (Phi) is 9.88. The second kappa shape index (κ2) is 11.4. The number of hydrogen-bond donors (Lipinski definition) is 3. The Labute approximate surface area is 172 Å². The van der Waals surface area contributed by atoms with Crippen molar-refractivity contribution in [2.24, 2.45) is 0 Å². The van der Waals surface area contributed by atoms with Crippen LogP contribution in [0.3, 0.4) is 0 Å². The summed E-state index contributed by atoms with van der Waals surface area (Å²) in [5.74, 6) is -0.728. The van der Waals surface area contributed by atoms with E-state index in [0.717, 1.165) is 25.9 Å². The minimum atomic E-state index is -3.64. The number of nitrogens with zero attached hydrogens (tertiary/aromatic N) is 1. The molecule has 158 valence electrons. The number of rotatable bonds is 8. The Morgan fingerprint density at radius 2 is 1.82 bits per heavy atom. The molecule has 0 bridgehead atoms. The minimum absolute atomic E-state index is 0. The molecule has 0 radical (unpaired) electrons. The lowest BCUT2D eigenvalue weighted by molar-refractivity contribution is -0.121. The van der Waals surface area contributed by atoms with Crippen molar-refractivity contribution in [2.75, 3.05) is 32.7 Å². The van der Waals surface area contributed by atoms with Gasteiger partial charge in [-0.05, 0) is 44.1 Å². The van der Waals surface area contributed by atoms with Crippen molar-refractivity contribution < 1.29 is 18.0 Å². The molecule has 0 unspecified atom stereocenters. The van der Waals surface area contributed by atoms with Gasteiger partial charge in [-0.1, -0.05) is 19.9 Å². The number of carbonyl (C=O) groups is 2. The van der Waals surface area contributed by atoms with Gasteiger partial charge in [-0.15, -0.1) is 12.4 Å². The van der Waals surface area contributed by atoms with Crippen molar-refractivity contribution in [3.05, 3.63) is 29.8 Å². The number of amides is 2. The highest BCUT2D eigenvalue weighted by molar-refractivity contribution is 7.89. The van der Waals surface area contributed by atoms with Gasteiger partial charge in [0.2, 0.25) is 15.9 Å². The Morgan fingerprint density at radius 3 is 2.43 bits per heavy atom. The molecule has 0 atom stereocenters. The zero-order chi connectivity index (χ0) is 19.9. The number of hydrogen-bond acceptors (Lipinski definition) is 5. The van der Waals surface area contributed by atoms with Crippen molar-refractivity contribution in [1.29, 1.82) is 0 Å². The molecule has 1 aliphatic heterocycles. The molecule has 3 N–H and O–H groups in total. The van der Waals surface area contributed by atoms with Crippen LogP contribution in [0, 0.1) is 0 Å². The third-order valence-corrected chi connectivity index (χ3v) is 6.60. The molecule has 2 rings (SSSR count). The molecule has 1 aromatic rings. The summed E-state index contributed by atoms with van der Waals surface area (Å²) in [6, 6.07) is 5.99. The lowest BCUT2D eigenvalue weighted by Crippen LogP contribution is -2.46. The van der Waals surface area contributed by atoms with Gasteiger partial charge in [0.05, 0.1) is 11.4 Å². The van der Waals surface area contributed by atoms with Gasteiger partial charge in [0.15, 0.2) is 0 Å². The number of piperidine rings is 1. The molecular formula is C18H29ClN4O4S. The van der Waals surface area contributed by atoms with Gasteiger partial charge < -0.3 is 16.0 Å². The van der Waals surface area contributed by atoms with Crippen LogP contribution in [0.2, 0.25) is 0 Å². The van der Waals surface area contributed by atoms with Crippen LogP contribution in [-0.2, 0) is 14.8 Å². The minimum Gasteiger partial charge on any atom is -0.352 e. The van der Waals surface area contributed by atoms with Crippen molar-refractivity contribution in [2.45, 2.75) is 37.6 Å². The van der Waals surface area contributed by atoms with E-state index < -0.39 is 15.9 Å². The van der Waals surface area contributed by atoms with E-state index >= 15 is 0 Å². The first-order chi connectivity index (χ1) is 12.9. The van der Waals surface area contributed by atoms with Crippen LogP contribution in [0.15, 0.2) is 29.2 Å². The van der Waals surface area contributed by atoms with E-state index in [4.69, 9.17) is 0 Å². The number of sulfonamides is 1. The summed E-state index contributed by atoms with van der Waals surface area (Å²) in [7, 11) is -3.64. The average molecular weight is 433 g/mol. The molecule has 0 spiro atoms. The van der Waals surface area contributed by atoms with Gasteiger partial charge in [-0.25, -0.2) is 8.42 Å². The summed E-state index contributed by atoms with van der Waals surface area (Å²) in [5.41, 5.74) is 0.206. The fraction of sp³-hybridized carbons (Fsp3) is 0.556. The van der Waals surface area contributed by atoms with E-state index in [1.165, 1.54) is 28.6 Å². The smallest absolute Gasteiger partial charge is 0.251 e. The molecule has 0 saturated carbocycles. The molecule has 28 heavy (non-hydrogen) atoms. The molecular weight excluding hydrogens is 404 g/mol. The third kappa shape index (κ3) is 6.44. The molecule has 1 fully saturated rings. The first-order valence-corrected chi connectivity index (χ1v) is 10.7. The first-order valence-electron chi connectivity index (χ1n) is 9.27. The van der Waals surface area contributed by atoms with E-state index in [-0.39, 0.29) is 41.4 Å². The summed E-state index contributed by atoms with van der Waals surface area (Å²) < 4.78 is 26.5. The predicted octanol–water partition coefficient (Wildman–Crippen LogP) is 0.737. The predicted molar refractivity (Wildman–Crippen MR) is 110 cm³/mol. The van der Waals surface area contributed by atoms with Crippen molar-refractivity contribution in [3.63, 3.8) is 0 Å². The quantitative estimate of drug-likeness (QED) is 0.561. The third-order valence-electron chi connectivity index (χ3n) is 4.55. The highest BCUT2D eigenvalue weighted by atomic mass is 35.5. The summed E-state index contributed by atoms with van der Waals surface area (Å²) in [4.78, 5) is 24.4. The number of halogens is 1. The van der Waals surface area contributed by atoms with Gasteiger partial charge in [0.1, 0.15) is 0 Å². The lowest BCUT2D eigenvalue weighted by Gasteiger charge is -2.23. The van der Waals surface area contributed by atoms with Gasteiger partial charge in [0.25, 0.3) is 5.91 Å². The fourth-order valence-electron chi connectivity index (χ4n) is 3.02. The maximum Gasteiger partial charge on any atom is 0.251 e. The van der Waals surface area contributed by atoms with Crippen LogP contribution >= 0.6 is 12.4 Å². The number of carbonyl (C=O) groups excluding carboxylic acids is 2. The zero-order valence-electron chi connectivity index (χ0n) is 16.2. The van der Waals surface area contributed by atoms with E-state index in [1.807, 2.05) is 0 Å². The molecule has 1 aliphatic rings. The topological polar surface area (TPSA) is 108 Å².